The molecule has 2 aliphatic heterocycles. The quantitative estimate of drug-likeness (QED) is 0.527. The minimum absolute atomic E-state index is 0.00533. The van der Waals surface area contributed by atoms with Gasteiger partial charge < -0.3 is 24.6 Å². The van der Waals surface area contributed by atoms with Crippen molar-refractivity contribution in [1.82, 2.24) is 24.7 Å². The molecular formula is C26H31N5O2S. The van der Waals surface area contributed by atoms with Crippen LogP contribution in [0.1, 0.15) is 34.7 Å². The van der Waals surface area contributed by atoms with Gasteiger partial charge in [0.05, 0.1) is 36.7 Å². The molecule has 8 heteroatoms. The molecule has 2 N–H and O–H groups in total. The summed E-state index contributed by atoms with van der Waals surface area (Å²) in [6.45, 7) is 9.40. The lowest BCUT2D eigenvalue weighted by atomic mass is 9.96. The van der Waals surface area contributed by atoms with Crippen LogP contribution in [0.5, 0.6) is 5.75 Å². The summed E-state index contributed by atoms with van der Waals surface area (Å²) >= 11 is 5.86. The molecule has 2 aromatic heterocycles. The number of benzene rings is 1. The van der Waals surface area contributed by atoms with Gasteiger partial charge in [0.15, 0.2) is 5.11 Å². The fourth-order valence-electron chi connectivity index (χ4n) is 5.17. The summed E-state index contributed by atoms with van der Waals surface area (Å²) in [7, 11) is 0. The topological polar surface area (TPSA) is 65.8 Å². The predicted octanol–water partition coefficient (Wildman–Crippen LogP) is 3.50. The number of aryl methyl sites for hydroxylation is 1. The first-order chi connectivity index (χ1) is 16.5. The van der Waals surface area contributed by atoms with Crippen LogP contribution in [0.4, 0.5) is 0 Å². The maximum atomic E-state index is 10.5. The number of aromatic hydroxyl groups is 1. The predicted molar refractivity (Wildman–Crippen MR) is 136 cm³/mol. The van der Waals surface area contributed by atoms with Gasteiger partial charge in [-0.05, 0) is 62.0 Å². The number of rotatable bonds is 6. The number of morpholine rings is 1. The first-order valence-corrected chi connectivity index (χ1v) is 12.2. The lowest BCUT2D eigenvalue weighted by molar-refractivity contribution is 0.0350. The zero-order chi connectivity index (χ0) is 23.7. The SMILES string of the molecule is Cc1cc([C@@H]2[C@H](c3ccccn3)NC(=S)N2CCN2CCOCC2)c(C)n1-c1ccccc1O. The monoisotopic (exact) mass is 477 g/mol. The van der Waals surface area contributed by atoms with Gasteiger partial charge in [-0.15, -0.1) is 0 Å². The lowest BCUT2D eigenvalue weighted by Crippen LogP contribution is -2.42. The number of para-hydroxylation sites is 2. The van der Waals surface area contributed by atoms with Crippen LogP contribution in [-0.4, -0.2) is 69.0 Å². The molecule has 1 aromatic carbocycles. The summed E-state index contributed by atoms with van der Waals surface area (Å²) in [5, 5.41) is 14.9. The first-order valence-electron chi connectivity index (χ1n) is 11.8. The normalized spacial score (nSPS) is 21.1. The summed E-state index contributed by atoms with van der Waals surface area (Å²) in [6.07, 6.45) is 1.83. The van der Waals surface area contributed by atoms with Crippen molar-refractivity contribution in [2.75, 3.05) is 39.4 Å². The maximum absolute atomic E-state index is 10.5. The van der Waals surface area contributed by atoms with Gasteiger partial charge in [-0.3, -0.25) is 9.88 Å². The molecule has 5 rings (SSSR count). The number of ether oxygens (including phenoxy) is 1. The fourth-order valence-corrected chi connectivity index (χ4v) is 5.50. The number of pyridine rings is 1. The van der Waals surface area contributed by atoms with Crippen molar-refractivity contribution in [1.29, 1.82) is 0 Å². The van der Waals surface area contributed by atoms with E-state index >= 15 is 0 Å². The zero-order valence-corrected chi connectivity index (χ0v) is 20.5. The molecule has 2 saturated heterocycles. The Morgan fingerprint density at radius 3 is 2.59 bits per heavy atom. The number of nitrogens with one attached hydrogen (secondary N) is 1. The van der Waals surface area contributed by atoms with Crippen LogP contribution >= 0.6 is 12.2 Å². The Morgan fingerprint density at radius 2 is 1.85 bits per heavy atom. The second-order valence-corrected chi connectivity index (χ2v) is 9.31. The largest absolute Gasteiger partial charge is 0.506 e. The molecule has 0 amide bonds. The zero-order valence-electron chi connectivity index (χ0n) is 19.6. The van der Waals surface area contributed by atoms with Crippen molar-refractivity contribution in [3.8, 4) is 11.4 Å². The van der Waals surface area contributed by atoms with Crippen LogP contribution in [0.25, 0.3) is 5.69 Å². The van der Waals surface area contributed by atoms with E-state index in [0.717, 1.165) is 67.3 Å². The minimum Gasteiger partial charge on any atom is -0.506 e. The molecular weight excluding hydrogens is 446 g/mol. The highest BCUT2D eigenvalue weighted by atomic mass is 32.1. The average Bonchev–Trinajstić information content (AvgIpc) is 3.34. The lowest BCUT2D eigenvalue weighted by Gasteiger charge is -2.32. The van der Waals surface area contributed by atoms with Crippen molar-refractivity contribution in [3.05, 3.63) is 77.4 Å². The van der Waals surface area contributed by atoms with Crippen LogP contribution < -0.4 is 5.32 Å². The van der Waals surface area contributed by atoms with Crippen LogP contribution in [0.2, 0.25) is 0 Å². The summed E-state index contributed by atoms with van der Waals surface area (Å²) in [5.74, 6) is 0.265. The van der Waals surface area contributed by atoms with Crippen molar-refractivity contribution in [2.24, 2.45) is 0 Å². The number of hydrogen-bond donors (Lipinski definition) is 2. The highest BCUT2D eigenvalue weighted by Gasteiger charge is 2.41. The molecule has 7 nitrogen and oxygen atoms in total. The fraction of sp³-hybridized carbons (Fsp3) is 0.385. The molecule has 178 valence electrons. The molecule has 0 bridgehead atoms. The van der Waals surface area contributed by atoms with Crippen LogP contribution in [0, 0.1) is 13.8 Å². The van der Waals surface area contributed by atoms with E-state index in [4.69, 9.17) is 17.0 Å². The average molecular weight is 478 g/mol. The molecule has 2 atom stereocenters. The van der Waals surface area contributed by atoms with Gasteiger partial charge in [0, 0.05) is 43.8 Å². The van der Waals surface area contributed by atoms with E-state index < -0.39 is 0 Å². The summed E-state index contributed by atoms with van der Waals surface area (Å²) < 4.78 is 7.64. The van der Waals surface area contributed by atoms with E-state index in [1.807, 2.05) is 36.5 Å². The van der Waals surface area contributed by atoms with Crippen LogP contribution in [-0.2, 0) is 4.74 Å². The molecule has 34 heavy (non-hydrogen) atoms. The second-order valence-electron chi connectivity index (χ2n) is 8.92. The van der Waals surface area contributed by atoms with Crippen LogP contribution in [0.15, 0.2) is 54.7 Å². The number of aromatic nitrogens is 2. The van der Waals surface area contributed by atoms with Gasteiger partial charge in [-0.1, -0.05) is 18.2 Å². The first kappa shape index (κ1) is 22.8. The Balaban J connectivity index is 1.53. The molecule has 4 heterocycles. The summed E-state index contributed by atoms with van der Waals surface area (Å²) in [5.41, 5.74) is 5.10. The minimum atomic E-state index is -0.0586. The van der Waals surface area contributed by atoms with E-state index in [2.05, 4.69) is 50.6 Å². The van der Waals surface area contributed by atoms with Crippen molar-refractivity contribution >= 4 is 17.3 Å². The molecule has 0 aliphatic carbocycles. The highest BCUT2D eigenvalue weighted by molar-refractivity contribution is 7.80. The Bertz CT molecular complexity index is 1160. The van der Waals surface area contributed by atoms with Crippen LogP contribution in [0.3, 0.4) is 0 Å². The van der Waals surface area contributed by atoms with E-state index in [1.165, 1.54) is 5.56 Å². The third-order valence-corrected chi connectivity index (χ3v) is 7.22. The molecule has 3 aromatic rings. The molecule has 0 spiro atoms. The number of thiocarbonyl (C=S) groups is 1. The molecule has 2 fully saturated rings. The Hall–Kier alpha value is -2.94. The van der Waals surface area contributed by atoms with E-state index in [0.29, 0.717) is 0 Å². The highest BCUT2D eigenvalue weighted by Crippen LogP contribution is 2.41. The van der Waals surface area contributed by atoms with Gasteiger partial charge in [-0.2, -0.15) is 0 Å². The molecule has 0 radical (unpaired) electrons. The van der Waals surface area contributed by atoms with Gasteiger partial charge in [-0.25, -0.2) is 0 Å². The Kier molecular flexibility index (Phi) is 6.54. The van der Waals surface area contributed by atoms with E-state index in [1.54, 1.807) is 6.07 Å². The third-order valence-electron chi connectivity index (χ3n) is 6.87. The number of phenolic OH excluding ortho intramolecular Hbond substituents is 1. The molecule has 2 aliphatic rings. The van der Waals surface area contributed by atoms with E-state index in [-0.39, 0.29) is 17.8 Å². The van der Waals surface area contributed by atoms with Crippen molar-refractivity contribution < 1.29 is 9.84 Å². The maximum Gasteiger partial charge on any atom is 0.170 e. The number of phenols is 1. The van der Waals surface area contributed by atoms with Gasteiger partial charge >= 0.3 is 0 Å². The second kappa shape index (κ2) is 9.74. The van der Waals surface area contributed by atoms with Crippen molar-refractivity contribution in [3.63, 3.8) is 0 Å². The Labute approximate surface area is 206 Å². The standard InChI is InChI=1S/C26H31N5O2S/c1-18-17-20(19(2)31(18)22-8-3-4-9-23(22)32)25-24(21-7-5-6-10-27-21)28-26(34)30(25)12-11-29-13-15-33-16-14-29/h3-10,17,24-25,32H,11-16H2,1-2H3,(H,28,34)/t24-,25+/m0/s1. The van der Waals surface area contributed by atoms with Crippen molar-refractivity contribution in [2.45, 2.75) is 25.9 Å². The summed E-state index contributed by atoms with van der Waals surface area (Å²) in [4.78, 5) is 9.40. The smallest absolute Gasteiger partial charge is 0.170 e. The Morgan fingerprint density at radius 1 is 1.09 bits per heavy atom. The molecule has 0 saturated carbocycles. The summed E-state index contributed by atoms with van der Waals surface area (Å²) in [6, 6.07) is 15.6. The molecule has 0 unspecified atom stereocenters. The van der Waals surface area contributed by atoms with Gasteiger partial charge in [0.25, 0.3) is 0 Å². The number of nitrogens with zero attached hydrogens (tertiary/aromatic N) is 4. The van der Waals surface area contributed by atoms with Gasteiger partial charge in [0.2, 0.25) is 0 Å². The third kappa shape index (κ3) is 4.29. The van der Waals surface area contributed by atoms with E-state index in [9.17, 15) is 5.11 Å². The number of hydrogen-bond acceptors (Lipinski definition) is 5. The van der Waals surface area contributed by atoms with Gasteiger partial charge in [0.1, 0.15) is 5.75 Å².